The van der Waals surface area contributed by atoms with Gasteiger partial charge in [-0.05, 0) is 62.3 Å². The third-order valence-electron chi connectivity index (χ3n) is 7.88. The summed E-state index contributed by atoms with van der Waals surface area (Å²) in [7, 11) is 1.41. The van der Waals surface area contributed by atoms with E-state index in [1.165, 1.54) is 18.1 Å². The molecule has 37 heavy (non-hydrogen) atoms. The number of methoxy groups -OCH3 is 1. The summed E-state index contributed by atoms with van der Waals surface area (Å²) < 4.78 is 19.8. The van der Waals surface area contributed by atoms with Gasteiger partial charge in [0.05, 0.1) is 7.11 Å². The number of ether oxygens (including phenoxy) is 1. The molecule has 2 aliphatic rings. The molecule has 3 amide bonds. The predicted octanol–water partition coefficient (Wildman–Crippen LogP) is 4.42. The average Bonchev–Trinajstić information content (AvgIpc) is 3.31. The summed E-state index contributed by atoms with van der Waals surface area (Å²) in [5, 5.41) is 11.0. The van der Waals surface area contributed by atoms with Crippen LogP contribution in [0.15, 0.2) is 36.4 Å². The topological polar surface area (TPSA) is 89.1 Å². The molecule has 2 aliphatic heterocycles. The van der Waals surface area contributed by atoms with Gasteiger partial charge in [0.15, 0.2) is 11.6 Å². The molecule has 5 rings (SSSR count). The maximum absolute atomic E-state index is 14.6. The lowest BCUT2D eigenvalue weighted by atomic mass is 9.81. The van der Waals surface area contributed by atoms with Crippen molar-refractivity contribution >= 4 is 22.8 Å². The van der Waals surface area contributed by atoms with Crippen molar-refractivity contribution in [3.05, 3.63) is 59.0 Å². The zero-order valence-electron chi connectivity index (χ0n) is 21.7. The number of aromatic hydroxyl groups is 1. The number of halogens is 1. The van der Waals surface area contributed by atoms with Crippen LogP contribution in [0.5, 0.6) is 11.5 Å². The van der Waals surface area contributed by atoms with E-state index in [9.17, 15) is 19.1 Å². The monoisotopic (exact) mass is 508 g/mol. The molecular formula is C28H33FN4O4. The normalized spacial score (nSPS) is 21.2. The molecule has 0 saturated carbocycles. The van der Waals surface area contributed by atoms with Crippen molar-refractivity contribution in [2.75, 3.05) is 33.3 Å². The van der Waals surface area contributed by atoms with Crippen LogP contribution >= 0.6 is 0 Å². The number of carbonyl (C=O) groups is 2. The number of amides is 3. The molecule has 8 nitrogen and oxygen atoms in total. The van der Waals surface area contributed by atoms with Crippen molar-refractivity contribution in [2.24, 2.45) is 0 Å². The molecule has 0 aliphatic carbocycles. The second-order valence-corrected chi connectivity index (χ2v) is 9.99. The van der Waals surface area contributed by atoms with Crippen LogP contribution in [0.1, 0.15) is 50.1 Å². The molecule has 2 aromatic carbocycles. The first-order chi connectivity index (χ1) is 17.7. The highest BCUT2D eigenvalue weighted by Gasteiger charge is 2.60. The van der Waals surface area contributed by atoms with Crippen molar-refractivity contribution < 1.29 is 23.8 Å². The molecule has 1 fully saturated rings. The maximum atomic E-state index is 14.6. The van der Waals surface area contributed by atoms with Gasteiger partial charge in [0.1, 0.15) is 17.3 Å². The molecular weight excluding hydrogens is 475 g/mol. The fraction of sp³-hybridized carbons (Fsp3) is 0.429. The molecule has 196 valence electrons. The molecule has 0 radical (unpaired) electrons. The fourth-order valence-corrected chi connectivity index (χ4v) is 5.90. The molecule has 2 N–H and O–H groups in total. The fourth-order valence-electron chi connectivity index (χ4n) is 5.90. The standard InChI is InChI=1S/C28H33FN4O4/c1-5-31(6-2)11-8-12-32-26(35)28(3)16-20-19-14-23(37-4)21(29)15-22(19)30-24(20)25(33(28)27(32)36)17-9-7-10-18(34)13-17/h7,9-10,13-15,25,30,34H,5-6,8,11-12,16H2,1-4H3. The summed E-state index contributed by atoms with van der Waals surface area (Å²) in [6, 6.07) is 8.71. The highest BCUT2D eigenvalue weighted by atomic mass is 19.1. The van der Waals surface area contributed by atoms with Crippen LogP contribution in [-0.2, 0) is 11.2 Å². The van der Waals surface area contributed by atoms with Gasteiger partial charge in [0, 0.05) is 35.6 Å². The number of nitrogens with one attached hydrogen (secondary N) is 1. The van der Waals surface area contributed by atoms with Crippen LogP contribution in [0.2, 0.25) is 0 Å². The van der Waals surface area contributed by atoms with E-state index in [0.717, 1.165) is 30.6 Å². The Kier molecular flexibility index (Phi) is 6.35. The summed E-state index contributed by atoms with van der Waals surface area (Å²) in [6.45, 7) is 8.94. The molecule has 9 heteroatoms. The Hall–Kier alpha value is -3.59. The Labute approximate surface area is 215 Å². The second-order valence-electron chi connectivity index (χ2n) is 9.99. The Morgan fingerprint density at radius 2 is 1.97 bits per heavy atom. The molecule has 1 saturated heterocycles. The van der Waals surface area contributed by atoms with E-state index >= 15 is 0 Å². The van der Waals surface area contributed by atoms with Crippen LogP contribution in [0, 0.1) is 5.82 Å². The van der Waals surface area contributed by atoms with Crippen LogP contribution < -0.4 is 4.74 Å². The largest absolute Gasteiger partial charge is 0.508 e. The van der Waals surface area contributed by atoms with Gasteiger partial charge >= 0.3 is 6.03 Å². The molecule has 1 aromatic heterocycles. The van der Waals surface area contributed by atoms with Gasteiger partial charge in [0.25, 0.3) is 5.91 Å². The number of urea groups is 1. The summed E-state index contributed by atoms with van der Waals surface area (Å²) in [4.78, 5) is 36.3. The minimum absolute atomic E-state index is 0.0594. The van der Waals surface area contributed by atoms with Gasteiger partial charge in [-0.1, -0.05) is 26.0 Å². The number of phenols is 1. The number of benzene rings is 2. The number of hydrogen-bond acceptors (Lipinski definition) is 5. The summed E-state index contributed by atoms with van der Waals surface area (Å²) in [6.07, 6.45) is 0.966. The zero-order chi connectivity index (χ0) is 26.5. The van der Waals surface area contributed by atoms with E-state index in [2.05, 4.69) is 23.7 Å². The van der Waals surface area contributed by atoms with Gasteiger partial charge in [-0.3, -0.25) is 14.6 Å². The van der Waals surface area contributed by atoms with Gasteiger partial charge in [-0.15, -0.1) is 0 Å². The number of fused-ring (bicyclic) bond motifs is 4. The van der Waals surface area contributed by atoms with E-state index < -0.39 is 17.4 Å². The lowest BCUT2D eigenvalue weighted by Gasteiger charge is -2.42. The molecule has 2 unspecified atom stereocenters. The van der Waals surface area contributed by atoms with Gasteiger partial charge < -0.3 is 19.7 Å². The lowest BCUT2D eigenvalue weighted by molar-refractivity contribution is -0.133. The Morgan fingerprint density at radius 3 is 2.65 bits per heavy atom. The summed E-state index contributed by atoms with van der Waals surface area (Å²) >= 11 is 0. The average molecular weight is 509 g/mol. The number of imide groups is 1. The van der Waals surface area contributed by atoms with Crippen LogP contribution in [-0.4, -0.2) is 75.6 Å². The van der Waals surface area contributed by atoms with Crippen molar-refractivity contribution in [3.8, 4) is 11.5 Å². The van der Waals surface area contributed by atoms with Crippen LogP contribution in [0.25, 0.3) is 10.9 Å². The first kappa shape index (κ1) is 25.1. The van der Waals surface area contributed by atoms with Crippen LogP contribution in [0.4, 0.5) is 9.18 Å². The summed E-state index contributed by atoms with van der Waals surface area (Å²) in [5.41, 5.74) is 1.64. The van der Waals surface area contributed by atoms with Crippen molar-refractivity contribution in [1.82, 2.24) is 19.7 Å². The molecule has 2 atom stereocenters. The number of H-pyrrole nitrogens is 1. The first-order valence-corrected chi connectivity index (χ1v) is 12.8. The first-order valence-electron chi connectivity index (χ1n) is 12.8. The SMILES string of the molecule is CCN(CC)CCCN1C(=O)N2C(c3cccc(O)c3)c3[nH]c4cc(F)c(OC)cc4c3CC2(C)C1=O. The lowest BCUT2D eigenvalue weighted by Crippen LogP contribution is -2.53. The number of phenolic OH excluding ortho intramolecular Hbond substituents is 1. The number of nitrogens with zero attached hydrogens (tertiary/aromatic N) is 3. The minimum atomic E-state index is -1.13. The van der Waals surface area contributed by atoms with Gasteiger partial charge in [-0.25, -0.2) is 9.18 Å². The van der Waals surface area contributed by atoms with E-state index in [0.29, 0.717) is 29.7 Å². The van der Waals surface area contributed by atoms with Crippen molar-refractivity contribution in [3.63, 3.8) is 0 Å². The Morgan fingerprint density at radius 1 is 1.22 bits per heavy atom. The van der Waals surface area contributed by atoms with Gasteiger partial charge in [-0.2, -0.15) is 0 Å². The van der Waals surface area contributed by atoms with E-state index in [-0.39, 0.29) is 29.9 Å². The molecule has 0 bridgehead atoms. The number of carbonyl (C=O) groups excluding carboxylic acids is 2. The predicted molar refractivity (Wildman–Crippen MR) is 138 cm³/mol. The van der Waals surface area contributed by atoms with Crippen LogP contribution in [0.3, 0.4) is 0 Å². The van der Waals surface area contributed by atoms with Crippen molar-refractivity contribution in [2.45, 2.75) is 45.2 Å². The maximum Gasteiger partial charge on any atom is 0.328 e. The Balaban J connectivity index is 1.62. The second kappa shape index (κ2) is 9.37. The number of aromatic amines is 1. The van der Waals surface area contributed by atoms with E-state index in [1.807, 2.05) is 6.07 Å². The number of rotatable bonds is 8. The van der Waals surface area contributed by atoms with Gasteiger partial charge in [0.2, 0.25) is 0 Å². The number of aromatic nitrogens is 1. The smallest absolute Gasteiger partial charge is 0.328 e. The Bertz CT molecular complexity index is 1370. The minimum Gasteiger partial charge on any atom is -0.508 e. The molecule has 3 aromatic rings. The number of hydrogen-bond donors (Lipinski definition) is 2. The zero-order valence-corrected chi connectivity index (χ0v) is 21.7. The highest BCUT2D eigenvalue weighted by molar-refractivity contribution is 6.08. The highest BCUT2D eigenvalue weighted by Crippen LogP contribution is 2.49. The molecule has 3 heterocycles. The third-order valence-corrected chi connectivity index (χ3v) is 7.88. The summed E-state index contributed by atoms with van der Waals surface area (Å²) in [5.74, 6) is -0.566. The molecule has 0 spiro atoms. The third kappa shape index (κ3) is 3.92. The van der Waals surface area contributed by atoms with Crippen molar-refractivity contribution in [1.29, 1.82) is 0 Å². The van der Waals surface area contributed by atoms with E-state index in [4.69, 9.17) is 4.74 Å². The van der Waals surface area contributed by atoms with E-state index in [1.54, 1.807) is 36.1 Å². The quantitative estimate of drug-likeness (QED) is 0.440.